The molecular weight excluding hydrogens is 248 g/mol. The van der Waals surface area contributed by atoms with Crippen LogP contribution < -0.4 is 5.73 Å². The smallest absolute Gasteiger partial charge is 0.225 e. The van der Waals surface area contributed by atoms with Gasteiger partial charge in [0.25, 0.3) is 0 Å². The molecule has 0 aliphatic heterocycles. The van der Waals surface area contributed by atoms with E-state index in [0.29, 0.717) is 12.5 Å². The van der Waals surface area contributed by atoms with Crippen molar-refractivity contribution in [3.63, 3.8) is 0 Å². The number of benzene rings is 1. The van der Waals surface area contributed by atoms with E-state index >= 15 is 0 Å². The molecule has 1 aliphatic rings. The van der Waals surface area contributed by atoms with Crippen molar-refractivity contribution in [2.45, 2.75) is 52.0 Å². The van der Waals surface area contributed by atoms with Crippen LogP contribution in [0, 0.1) is 5.92 Å². The van der Waals surface area contributed by atoms with E-state index in [2.05, 4.69) is 0 Å². The summed E-state index contributed by atoms with van der Waals surface area (Å²) in [5.41, 5.74) is 7.82. The molecule has 1 amide bonds. The normalized spacial score (nSPS) is 16.6. The van der Waals surface area contributed by atoms with Crippen LogP contribution in [0.3, 0.4) is 0 Å². The molecule has 0 atom stereocenters. The summed E-state index contributed by atoms with van der Waals surface area (Å²) < 4.78 is 0. The van der Waals surface area contributed by atoms with Gasteiger partial charge in [0.2, 0.25) is 5.91 Å². The second-order valence-corrected chi connectivity index (χ2v) is 5.74. The second kappa shape index (κ2) is 7.32. The Hall–Kier alpha value is -1.51. The summed E-state index contributed by atoms with van der Waals surface area (Å²) in [6.45, 7) is 3.44. The maximum atomic E-state index is 12.7. The number of rotatable bonds is 4. The molecule has 1 aliphatic carbocycles. The summed E-state index contributed by atoms with van der Waals surface area (Å²) in [6.07, 6.45) is 7.06. The first-order valence-corrected chi connectivity index (χ1v) is 7.84. The summed E-state index contributed by atoms with van der Waals surface area (Å²) in [4.78, 5) is 14.6. The van der Waals surface area contributed by atoms with Crippen molar-refractivity contribution in [2.75, 3.05) is 12.3 Å². The van der Waals surface area contributed by atoms with Gasteiger partial charge in [-0.25, -0.2) is 0 Å². The van der Waals surface area contributed by atoms with E-state index in [9.17, 15) is 4.79 Å². The highest BCUT2D eigenvalue weighted by Crippen LogP contribution is 2.25. The first kappa shape index (κ1) is 14.9. The van der Waals surface area contributed by atoms with Crippen LogP contribution in [0.4, 0.5) is 5.69 Å². The van der Waals surface area contributed by atoms with Gasteiger partial charge in [-0.05, 0) is 31.4 Å². The summed E-state index contributed by atoms with van der Waals surface area (Å²) in [7, 11) is 0. The minimum absolute atomic E-state index is 0.224. The van der Waals surface area contributed by atoms with Crippen LogP contribution in [-0.4, -0.2) is 17.4 Å². The number of carbonyl (C=O) groups is 1. The number of hydrogen-bond donors (Lipinski definition) is 1. The Balaban J connectivity index is 2.03. The molecule has 1 aromatic rings. The van der Waals surface area contributed by atoms with Gasteiger partial charge in [-0.3, -0.25) is 4.79 Å². The van der Waals surface area contributed by atoms with Gasteiger partial charge < -0.3 is 10.6 Å². The Morgan fingerprint density at radius 3 is 2.45 bits per heavy atom. The average molecular weight is 274 g/mol. The third kappa shape index (κ3) is 3.75. The molecule has 0 saturated heterocycles. The average Bonchev–Trinajstić information content (AvgIpc) is 2.75. The van der Waals surface area contributed by atoms with E-state index in [-0.39, 0.29) is 5.92 Å². The molecule has 1 fully saturated rings. The van der Waals surface area contributed by atoms with Gasteiger partial charge in [0.05, 0.1) is 0 Å². The molecule has 0 heterocycles. The van der Waals surface area contributed by atoms with Crippen LogP contribution in [0.25, 0.3) is 0 Å². The van der Waals surface area contributed by atoms with Gasteiger partial charge >= 0.3 is 0 Å². The lowest BCUT2D eigenvalue weighted by atomic mass is 9.98. The van der Waals surface area contributed by atoms with Gasteiger partial charge in [0, 0.05) is 24.7 Å². The molecule has 0 spiro atoms. The van der Waals surface area contributed by atoms with Crippen LogP contribution >= 0.6 is 0 Å². The molecule has 20 heavy (non-hydrogen) atoms. The number of nitrogens with two attached hydrogens (primary N) is 1. The Morgan fingerprint density at radius 1 is 1.20 bits per heavy atom. The zero-order valence-electron chi connectivity index (χ0n) is 12.5. The van der Waals surface area contributed by atoms with Gasteiger partial charge in [-0.1, -0.05) is 43.9 Å². The molecule has 0 aromatic heterocycles. The molecule has 110 valence electrons. The number of para-hydroxylation sites is 1. The fraction of sp³-hybridized carbons (Fsp3) is 0.588. The molecule has 2 N–H and O–H groups in total. The minimum atomic E-state index is 0.224. The zero-order valence-corrected chi connectivity index (χ0v) is 12.5. The minimum Gasteiger partial charge on any atom is -0.398 e. The maximum Gasteiger partial charge on any atom is 0.225 e. The highest BCUT2D eigenvalue weighted by Gasteiger charge is 2.24. The first-order chi connectivity index (χ1) is 9.72. The predicted octanol–water partition coefficient (Wildman–Crippen LogP) is 3.59. The van der Waals surface area contributed by atoms with E-state index in [4.69, 9.17) is 5.73 Å². The summed E-state index contributed by atoms with van der Waals surface area (Å²) in [5.74, 6) is 0.542. The van der Waals surface area contributed by atoms with Crippen molar-refractivity contribution in [1.82, 2.24) is 4.90 Å². The van der Waals surface area contributed by atoms with E-state index in [0.717, 1.165) is 30.6 Å². The van der Waals surface area contributed by atoms with E-state index in [1.807, 2.05) is 36.1 Å². The highest BCUT2D eigenvalue weighted by atomic mass is 16.2. The largest absolute Gasteiger partial charge is 0.398 e. The van der Waals surface area contributed by atoms with Gasteiger partial charge in [0.15, 0.2) is 0 Å². The van der Waals surface area contributed by atoms with Crippen LogP contribution in [0.1, 0.15) is 51.0 Å². The molecule has 1 saturated carbocycles. The summed E-state index contributed by atoms with van der Waals surface area (Å²) >= 11 is 0. The number of amides is 1. The third-order valence-electron chi connectivity index (χ3n) is 4.31. The Bertz CT molecular complexity index is 436. The Kier molecular flexibility index (Phi) is 5.45. The van der Waals surface area contributed by atoms with Gasteiger partial charge in [-0.2, -0.15) is 0 Å². The zero-order chi connectivity index (χ0) is 14.4. The molecular formula is C17H26N2O. The molecule has 0 bridgehead atoms. The topological polar surface area (TPSA) is 46.3 Å². The lowest BCUT2D eigenvalue weighted by molar-refractivity contribution is -0.136. The summed E-state index contributed by atoms with van der Waals surface area (Å²) in [6, 6.07) is 7.83. The number of nitrogens with zero attached hydrogens (tertiary/aromatic N) is 1. The van der Waals surface area contributed by atoms with Crippen molar-refractivity contribution in [3.8, 4) is 0 Å². The van der Waals surface area contributed by atoms with Gasteiger partial charge in [0.1, 0.15) is 0 Å². The monoisotopic (exact) mass is 274 g/mol. The molecule has 0 unspecified atom stereocenters. The van der Waals surface area contributed by atoms with Crippen molar-refractivity contribution in [3.05, 3.63) is 29.8 Å². The number of hydrogen-bond acceptors (Lipinski definition) is 2. The maximum absolute atomic E-state index is 12.7. The van der Waals surface area contributed by atoms with Crippen LogP contribution in [0.5, 0.6) is 0 Å². The number of anilines is 1. The van der Waals surface area contributed by atoms with Crippen LogP contribution in [0.2, 0.25) is 0 Å². The van der Waals surface area contributed by atoms with Gasteiger partial charge in [-0.15, -0.1) is 0 Å². The van der Waals surface area contributed by atoms with Crippen LogP contribution in [-0.2, 0) is 11.3 Å². The lowest BCUT2D eigenvalue weighted by Crippen LogP contribution is -2.35. The fourth-order valence-electron chi connectivity index (χ4n) is 3.01. The SMILES string of the molecule is CCN(Cc1ccccc1N)C(=O)C1CCCCCC1. The van der Waals surface area contributed by atoms with Crippen molar-refractivity contribution in [2.24, 2.45) is 5.92 Å². The molecule has 3 nitrogen and oxygen atoms in total. The predicted molar refractivity (Wildman–Crippen MR) is 83.1 cm³/mol. The fourth-order valence-corrected chi connectivity index (χ4v) is 3.01. The van der Waals surface area contributed by atoms with E-state index < -0.39 is 0 Å². The molecule has 3 heteroatoms. The first-order valence-electron chi connectivity index (χ1n) is 7.84. The van der Waals surface area contributed by atoms with Crippen molar-refractivity contribution in [1.29, 1.82) is 0 Å². The number of nitrogen functional groups attached to an aromatic ring is 1. The van der Waals surface area contributed by atoms with E-state index in [1.165, 1.54) is 25.7 Å². The van der Waals surface area contributed by atoms with E-state index in [1.54, 1.807) is 0 Å². The van der Waals surface area contributed by atoms with Crippen LogP contribution in [0.15, 0.2) is 24.3 Å². The Morgan fingerprint density at radius 2 is 1.85 bits per heavy atom. The number of carbonyl (C=O) groups excluding carboxylic acids is 1. The molecule has 1 aromatic carbocycles. The Labute approximate surface area is 122 Å². The molecule has 0 radical (unpaired) electrons. The van der Waals surface area contributed by atoms with Crippen molar-refractivity contribution < 1.29 is 4.79 Å². The molecule has 2 rings (SSSR count). The highest BCUT2D eigenvalue weighted by molar-refractivity contribution is 5.79. The lowest BCUT2D eigenvalue weighted by Gasteiger charge is -2.26. The summed E-state index contributed by atoms with van der Waals surface area (Å²) in [5, 5.41) is 0. The standard InChI is InChI=1S/C17H26N2O/c1-2-19(13-15-11-7-8-12-16(15)18)17(20)14-9-5-3-4-6-10-14/h7-8,11-12,14H,2-6,9-10,13,18H2,1H3. The third-order valence-corrected chi connectivity index (χ3v) is 4.31. The quantitative estimate of drug-likeness (QED) is 0.673. The second-order valence-electron chi connectivity index (χ2n) is 5.74. The van der Waals surface area contributed by atoms with Crippen molar-refractivity contribution >= 4 is 11.6 Å².